The lowest BCUT2D eigenvalue weighted by atomic mass is 10.0. The fraction of sp³-hybridized carbons (Fsp3) is 0.269. The summed E-state index contributed by atoms with van der Waals surface area (Å²) >= 11 is 0. The topological polar surface area (TPSA) is 106 Å². The zero-order chi connectivity index (χ0) is 24.8. The van der Waals surface area contributed by atoms with Crippen molar-refractivity contribution in [2.45, 2.75) is 31.3 Å². The molecule has 0 saturated carbocycles. The van der Waals surface area contributed by atoms with Crippen LogP contribution in [0.25, 0.3) is 0 Å². The van der Waals surface area contributed by atoms with Gasteiger partial charge in [0.2, 0.25) is 16.8 Å². The molecular weight excluding hydrogens is 466 g/mol. The zero-order valence-electron chi connectivity index (χ0n) is 19.7. The molecule has 1 unspecified atom stereocenters. The van der Waals surface area contributed by atoms with E-state index in [0.29, 0.717) is 18.0 Å². The van der Waals surface area contributed by atoms with Gasteiger partial charge in [0.25, 0.3) is 5.91 Å². The van der Waals surface area contributed by atoms with Crippen molar-refractivity contribution in [1.82, 2.24) is 10.0 Å². The minimum atomic E-state index is -3.83. The normalized spacial score (nSPS) is 13.5. The van der Waals surface area contributed by atoms with Gasteiger partial charge in [0.15, 0.2) is 11.5 Å². The Balaban J connectivity index is 1.38. The van der Waals surface area contributed by atoms with E-state index >= 15 is 0 Å². The van der Waals surface area contributed by atoms with Crippen LogP contribution in [0.5, 0.6) is 11.5 Å². The van der Waals surface area contributed by atoms with Gasteiger partial charge in [-0.2, -0.15) is 0 Å². The number of carbonyl (C=O) groups excluding carboxylic acids is 1. The number of sulfonamides is 1. The van der Waals surface area contributed by atoms with E-state index in [0.717, 1.165) is 11.3 Å². The highest BCUT2D eigenvalue weighted by Crippen LogP contribution is 2.32. The van der Waals surface area contributed by atoms with E-state index in [1.165, 1.54) is 12.1 Å². The fourth-order valence-electron chi connectivity index (χ4n) is 3.62. The molecule has 0 aromatic heterocycles. The lowest BCUT2D eigenvalue weighted by Crippen LogP contribution is -2.39. The number of fused-ring (bicyclic) bond motifs is 1. The Morgan fingerprint density at radius 2 is 1.71 bits per heavy atom. The van der Waals surface area contributed by atoms with Crippen LogP contribution in [0.1, 0.15) is 29.8 Å². The van der Waals surface area contributed by atoms with Gasteiger partial charge in [-0.15, -0.1) is 0 Å². The van der Waals surface area contributed by atoms with Crippen molar-refractivity contribution in [3.05, 3.63) is 83.9 Å². The van der Waals surface area contributed by atoms with Gasteiger partial charge in [0.05, 0.1) is 4.90 Å². The fourth-order valence-corrected chi connectivity index (χ4v) is 4.69. The summed E-state index contributed by atoms with van der Waals surface area (Å²) < 4.78 is 38.9. The minimum Gasteiger partial charge on any atom is -0.454 e. The van der Waals surface area contributed by atoms with Crippen LogP contribution in [0.2, 0.25) is 0 Å². The molecule has 35 heavy (non-hydrogen) atoms. The summed E-state index contributed by atoms with van der Waals surface area (Å²) in [4.78, 5) is 12.8. The predicted octanol–water partition coefficient (Wildman–Crippen LogP) is 3.76. The van der Waals surface area contributed by atoms with Gasteiger partial charge in [0.1, 0.15) is 0 Å². The number of carbonyl (C=O) groups is 1. The van der Waals surface area contributed by atoms with Crippen LogP contribution >= 0.6 is 0 Å². The monoisotopic (exact) mass is 495 g/mol. The lowest BCUT2D eigenvalue weighted by molar-refractivity contribution is 0.0950. The van der Waals surface area contributed by atoms with E-state index in [-0.39, 0.29) is 41.7 Å². The molecule has 1 aliphatic heterocycles. The highest BCUT2D eigenvalue weighted by atomic mass is 32.2. The van der Waals surface area contributed by atoms with E-state index in [9.17, 15) is 13.2 Å². The van der Waals surface area contributed by atoms with E-state index in [4.69, 9.17) is 9.47 Å². The first kappa shape index (κ1) is 24.6. The lowest BCUT2D eigenvalue weighted by Gasteiger charge is -2.24. The molecule has 184 valence electrons. The standard InChI is InChI=1S/C26H29N3O5S/c1-18(2)23(29-21-8-4-3-5-9-21)16-27-26(30)20-7-6-10-22(14-20)35(31,32)28-15-19-11-12-24-25(13-19)34-17-33-24/h3-14,18,23,28-29H,15-17H2,1-2H3,(H,27,30). The van der Waals surface area contributed by atoms with Crippen molar-refractivity contribution in [2.75, 3.05) is 18.7 Å². The Hall–Kier alpha value is -3.56. The molecule has 1 atom stereocenters. The molecular formula is C26H29N3O5S. The summed E-state index contributed by atoms with van der Waals surface area (Å²) in [6, 6.07) is 21.1. The number of anilines is 1. The van der Waals surface area contributed by atoms with Crippen molar-refractivity contribution < 1.29 is 22.7 Å². The second-order valence-corrected chi connectivity index (χ2v) is 10.4. The first-order chi connectivity index (χ1) is 16.8. The first-order valence-corrected chi connectivity index (χ1v) is 12.9. The SMILES string of the molecule is CC(C)C(CNC(=O)c1cccc(S(=O)(=O)NCc2ccc3c(c2)OCO3)c1)Nc1ccccc1. The molecule has 0 saturated heterocycles. The van der Waals surface area contributed by atoms with Crippen LogP contribution < -0.4 is 24.8 Å². The maximum atomic E-state index is 12.9. The molecule has 3 aromatic rings. The van der Waals surface area contributed by atoms with Gasteiger partial charge in [-0.1, -0.05) is 44.2 Å². The highest BCUT2D eigenvalue weighted by Gasteiger charge is 2.19. The first-order valence-electron chi connectivity index (χ1n) is 11.4. The van der Waals surface area contributed by atoms with E-state index in [1.807, 2.05) is 30.3 Å². The van der Waals surface area contributed by atoms with Gasteiger partial charge in [-0.05, 0) is 53.9 Å². The van der Waals surface area contributed by atoms with E-state index in [1.54, 1.807) is 30.3 Å². The number of para-hydroxylation sites is 1. The Kier molecular flexibility index (Phi) is 7.57. The van der Waals surface area contributed by atoms with Crippen LogP contribution in [-0.4, -0.2) is 33.7 Å². The van der Waals surface area contributed by atoms with Crippen LogP contribution in [0.15, 0.2) is 77.7 Å². The molecule has 9 heteroatoms. The summed E-state index contributed by atoms with van der Waals surface area (Å²) in [5.41, 5.74) is 1.98. The molecule has 0 radical (unpaired) electrons. The van der Waals surface area contributed by atoms with E-state index in [2.05, 4.69) is 29.2 Å². The molecule has 0 bridgehead atoms. The summed E-state index contributed by atoms with van der Waals surface area (Å²) in [5, 5.41) is 6.35. The molecule has 4 rings (SSSR count). The predicted molar refractivity (Wildman–Crippen MR) is 134 cm³/mol. The van der Waals surface area contributed by atoms with Crippen LogP contribution in [0.3, 0.4) is 0 Å². The second kappa shape index (κ2) is 10.8. The van der Waals surface area contributed by atoms with Gasteiger partial charge < -0.3 is 20.1 Å². The molecule has 0 spiro atoms. The van der Waals surface area contributed by atoms with Crippen LogP contribution in [-0.2, 0) is 16.6 Å². The molecule has 3 N–H and O–H groups in total. The molecule has 8 nitrogen and oxygen atoms in total. The maximum absolute atomic E-state index is 12.9. The Morgan fingerprint density at radius 3 is 2.49 bits per heavy atom. The van der Waals surface area contributed by atoms with Gasteiger partial charge in [-0.3, -0.25) is 4.79 Å². The Bertz CT molecular complexity index is 1280. The third-order valence-electron chi connectivity index (χ3n) is 5.72. The van der Waals surface area contributed by atoms with Crippen molar-refractivity contribution >= 4 is 21.6 Å². The molecule has 0 fully saturated rings. The maximum Gasteiger partial charge on any atom is 0.251 e. The summed E-state index contributed by atoms with van der Waals surface area (Å²) in [6.45, 7) is 4.78. The third kappa shape index (κ3) is 6.32. The van der Waals surface area contributed by atoms with Crippen molar-refractivity contribution in [3.8, 4) is 11.5 Å². The second-order valence-electron chi connectivity index (χ2n) is 8.61. The third-order valence-corrected chi connectivity index (χ3v) is 7.12. The van der Waals surface area contributed by atoms with Crippen molar-refractivity contribution in [1.29, 1.82) is 0 Å². The zero-order valence-corrected chi connectivity index (χ0v) is 20.5. The number of amides is 1. The Labute approximate surface area is 205 Å². The summed E-state index contributed by atoms with van der Waals surface area (Å²) in [7, 11) is -3.83. The minimum absolute atomic E-state index is 0.0108. The van der Waals surface area contributed by atoms with Crippen LogP contribution in [0, 0.1) is 5.92 Å². The van der Waals surface area contributed by atoms with Crippen molar-refractivity contribution in [3.63, 3.8) is 0 Å². The quantitative estimate of drug-likeness (QED) is 0.396. The summed E-state index contributed by atoms with van der Waals surface area (Å²) in [5.74, 6) is 1.15. The van der Waals surface area contributed by atoms with Crippen LogP contribution in [0.4, 0.5) is 5.69 Å². The number of hydrogen-bond acceptors (Lipinski definition) is 6. The number of hydrogen-bond donors (Lipinski definition) is 3. The molecule has 3 aromatic carbocycles. The molecule has 0 aliphatic carbocycles. The number of benzene rings is 3. The van der Waals surface area contributed by atoms with Gasteiger partial charge in [-0.25, -0.2) is 13.1 Å². The largest absolute Gasteiger partial charge is 0.454 e. The number of rotatable bonds is 10. The number of ether oxygens (including phenoxy) is 2. The molecule has 1 amide bonds. The van der Waals surface area contributed by atoms with Crippen molar-refractivity contribution in [2.24, 2.45) is 5.92 Å². The van der Waals surface area contributed by atoms with Gasteiger partial charge in [0, 0.05) is 30.4 Å². The smallest absolute Gasteiger partial charge is 0.251 e. The average molecular weight is 496 g/mol. The summed E-state index contributed by atoms with van der Waals surface area (Å²) in [6.07, 6.45) is 0. The molecule has 1 aliphatic rings. The average Bonchev–Trinajstić information content (AvgIpc) is 3.34. The number of nitrogens with one attached hydrogen (secondary N) is 3. The van der Waals surface area contributed by atoms with E-state index < -0.39 is 10.0 Å². The van der Waals surface area contributed by atoms with Gasteiger partial charge >= 0.3 is 0 Å². The Morgan fingerprint density at radius 1 is 0.943 bits per heavy atom. The molecule has 1 heterocycles. The highest BCUT2D eigenvalue weighted by molar-refractivity contribution is 7.89.